The number of nitrogens with zero attached hydrogens (tertiary/aromatic N) is 5. The van der Waals surface area contributed by atoms with Crippen LogP contribution in [0.5, 0.6) is 0 Å². The summed E-state index contributed by atoms with van der Waals surface area (Å²) in [5, 5.41) is 3.52. The van der Waals surface area contributed by atoms with Crippen molar-refractivity contribution in [1.29, 1.82) is 0 Å². The van der Waals surface area contributed by atoms with Crippen LogP contribution in [0.2, 0.25) is 0 Å². The number of hydrogen-bond donors (Lipinski definition) is 2. The average Bonchev–Trinajstić information content (AvgIpc) is 3.19. The lowest BCUT2D eigenvalue weighted by Gasteiger charge is -2.31. The van der Waals surface area contributed by atoms with Crippen LogP contribution in [0, 0.1) is 0 Å². The highest BCUT2D eigenvalue weighted by Gasteiger charge is 2.21. The molecule has 0 bridgehead atoms. The zero-order valence-corrected chi connectivity index (χ0v) is 17.8. The van der Waals surface area contributed by atoms with Gasteiger partial charge in [0.2, 0.25) is 5.95 Å². The molecule has 1 aliphatic rings. The van der Waals surface area contributed by atoms with Gasteiger partial charge >= 0.3 is 0 Å². The first kappa shape index (κ1) is 19.6. The van der Waals surface area contributed by atoms with Crippen molar-refractivity contribution < 1.29 is 0 Å². The van der Waals surface area contributed by atoms with Gasteiger partial charge in [-0.25, -0.2) is 4.98 Å². The Labute approximate surface area is 172 Å². The lowest BCUT2D eigenvalue weighted by atomic mass is 10.0. The van der Waals surface area contributed by atoms with Crippen molar-refractivity contribution in [2.24, 2.45) is 0 Å². The lowest BCUT2D eigenvalue weighted by molar-refractivity contribution is 0.182. The van der Waals surface area contributed by atoms with Crippen LogP contribution in [0.3, 0.4) is 0 Å². The van der Waals surface area contributed by atoms with E-state index in [9.17, 15) is 0 Å². The van der Waals surface area contributed by atoms with E-state index in [1.165, 1.54) is 11.1 Å². The smallest absolute Gasteiger partial charge is 0.229 e. The van der Waals surface area contributed by atoms with Gasteiger partial charge in [-0.3, -0.25) is 4.90 Å². The maximum Gasteiger partial charge on any atom is 0.229 e. The Kier molecular flexibility index (Phi) is 5.67. The molecule has 154 valence electrons. The molecule has 7 nitrogen and oxygen atoms in total. The molecule has 2 aromatic heterocycles. The largest absolute Gasteiger partial charge is 0.367 e. The van der Waals surface area contributed by atoms with Crippen molar-refractivity contribution >= 4 is 22.9 Å². The normalized spacial score (nSPS) is 14.2. The summed E-state index contributed by atoms with van der Waals surface area (Å²) in [6.07, 6.45) is 2.70. The molecule has 4 rings (SSSR count). The third kappa shape index (κ3) is 4.19. The van der Waals surface area contributed by atoms with Gasteiger partial charge in [-0.1, -0.05) is 24.3 Å². The summed E-state index contributed by atoms with van der Waals surface area (Å²) in [6, 6.07) is 9.65. The minimum atomic E-state index is 0.512. The summed E-state index contributed by atoms with van der Waals surface area (Å²) in [7, 11) is 0. The molecule has 0 aliphatic carbocycles. The van der Waals surface area contributed by atoms with Crippen LogP contribution in [-0.4, -0.2) is 56.6 Å². The highest BCUT2D eigenvalue weighted by atomic mass is 15.3. The van der Waals surface area contributed by atoms with Crippen LogP contribution in [0.4, 0.5) is 11.8 Å². The van der Waals surface area contributed by atoms with Crippen molar-refractivity contribution in [3.8, 4) is 0 Å². The fourth-order valence-electron chi connectivity index (χ4n) is 4.17. The van der Waals surface area contributed by atoms with Gasteiger partial charge in [-0.05, 0) is 45.2 Å². The van der Waals surface area contributed by atoms with E-state index in [1.807, 2.05) is 0 Å². The Morgan fingerprint density at radius 2 is 1.86 bits per heavy atom. The van der Waals surface area contributed by atoms with Crippen LogP contribution in [0.15, 0.2) is 30.6 Å². The molecule has 1 aromatic carbocycles. The SMILES string of the molecule is CC(C)N(CCNc1nc(N2CCc3ccccc3C2)nc2nc[nH]c12)C(C)C. The monoisotopic (exact) mass is 393 g/mol. The van der Waals surface area contributed by atoms with E-state index in [1.54, 1.807) is 6.33 Å². The predicted octanol–water partition coefficient (Wildman–Crippen LogP) is 3.45. The van der Waals surface area contributed by atoms with Gasteiger partial charge in [0, 0.05) is 38.3 Å². The molecule has 29 heavy (non-hydrogen) atoms. The zero-order valence-electron chi connectivity index (χ0n) is 17.8. The molecule has 3 heterocycles. The van der Waals surface area contributed by atoms with Gasteiger partial charge in [0.1, 0.15) is 5.52 Å². The lowest BCUT2D eigenvalue weighted by Crippen LogP contribution is -2.40. The first-order valence-corrected chi connectivity index (χ1v) is 10.6. The zero-order chi connectivity index (χ0) is 20.4. The number of nitrogens with one attached hydrogen (secondary N) is 2. The minimum Gasteiger partial charge on any atom is -0.367 e. The molecule has 0 unspecified atom stereocenters. The summed E-state index contributed by atoms with van der Waals surface area (Å²) in [6.45, 7) is 12.5. The third-order valence-electron chi connectivity index (χ3n) is 5.68. The number of rotatable bonds is 7. The van der Waals surface area contributed by atoms with E-state index in [2.05, 4.69) is 77.0 Å². The van der Waals surface area contributed by atoms with E-state index < -0.39 is 0 Å². The number of anilines is 2. The molecule has 1 aliphatic heterocycles. The van der Waals surface area contributed by atoms with Crippen molar-refractivity contribution in [2.75, 3.05) is 29.9 Å². The molecular weight excluding hydrogens is 362 g/mol. The second-order valence-corrected chi connectivity index (χ2v) is 8.27. The van der Waals surface area contributed by atoms with Gasteiger partial charge < -0.3 is 15.2 Å². The number of hydrogen-bond acceptors (Lipinski definition) is 6. The van der Waals surface area contributed by atoms with Crippen molar-refractivity contribution in [2.45, 2.75) is 52.7 Å². The topological polar surface area (TPSA) is 73.0 Å². The molecule has 0 spiro atoms. The van der Waals surface area contributed by atoms with E-state index in [-0.39, 0.29) is 0 Å². The van der Waals surface area contributed by atoms with Crippen LogP contribution in [0.25, 0.3) is 11.2 Å². The Balaban J connectivity index is 1.53. The maximum atomic E-state index is 4.87. The highest BCUT2D eigenvalue weighted by Crippen LogP contribution is 2.25. The van der Waals surface area contributed by atoms with Crippen LogP contribution >= 0.6 is 0 Å². The van der Waals surface area contributed by atoms with E-state index in [0.29, 0.717) is 17.7 Å². The fourth-order valence-corrected chi connectivity index (χ4v) is 4.17. The van der Waals surface area contributed by atoms with Crippen LogP contribution in [0.1, 0.15) is 38.8 Å². The molecule has 7 heteroatoms. The van der Waals surface area contributed by atoms with E-state index in [4.69, 9.17) is 9.97 Å². The molecule has 0 saturated carbocycles. The second-order valence-electron chi connectivity index (χ2n) is 8.27. The van der Waals surface area contributed by atoms with Crippen molar-refractivity contribution in [3.63, 3.8) is 0 Å². The van der Waals surface area contributed by atoms with Gasteiger partial charge in [-0.2, -0.15) is 9.97 Å². The Morgan fingerprint density at radius 1 is 1.10 bits per heavy atom. The molecule has 3 aromatic rings. The second kappa shape index (κ2) is 8.37. The number of benzene rings is 1. The number of aromatic nitrogens is 4. The van der Waals surface area contributed by atoms with Crippen molar-refractivity contribution in [3.05, 3.63) is 41.7 Å². The number of fused-ring (bicyclic) bond motifs is 2. The average molecular weight is 394 g/mol. The summed E-state index contributed by atoms with van der Waals surface area (Å²) in [5.74, 6) is 1.57. The first-order valence-electron chi connectivity index (χ1n) is 10.6. The summed E-state index contributed by atoms with van der Waals surface area (Å²) in [4.78, 5) is 21.9. The Hall–Kier alpha value is -2.67. The third-order valence-corrected chi connectivity index (χ3v) is 5.68. The van der Waals surface area contributed by atoms with Crippen LogP contribution < -0.4 is 10.2 Å². The van der Waals surface area contributed by atoms with E-state index >= 15 is 0 Å². The van der Waals surface area contributed by atoms with E-state index in [0.717, 1.165) is 49.9 Å². The summed E-state index contributed by atoms with van der Waals surface area (Å²) < 4.78 is 0. The standard InChI is InChI=1S/C22H31N7/c1-15(2)29(16(3)4)12-10-23-20-19-21(25-14-24-19)27-22(26-20)28-11-9-17-7-5-6-8-18(17)13-28/h5-8,14-16H,9-13H2,1-4H3,(H2,23,24,25,26,27). The van der Waals surface area contributed by atoms with Gasteiger partial charge in [-0.15, -0.1) is 0 Å². The Bertz CT molecular complexity index is 955. The summed E-state index contributed by atoms with van der Waals surface area (Å²) >= 11 is 0. The van der Waals surface area contributed by atoms with Gasteiger partial charge in [0.25, 0.3) is 0 Å². The molecule has 0 fully saturated rings. The molecule has 0 amide bonds. The molecule has 0 saturated heterocycles. The number of aromatic amines is 1. The first-order chi connectivity index (χ1) is 14.0. The molecule has 0 radical (unpaired) electrons. The maximum absolute atomic E-state index is 4.87. The number of H-pyrrole nitrogens is 1. The fraction of sp³-hybridized carbons (Fsp3) is 0.500. The van der Waals surface area contributed by atoms with Crippen LogP contribution in [-0.2, 0) is 13.0 Å². The van der Waals surface area contributed by atoms with Gasteiger partial charge in [0.15, 0.2) is 11.5 Å². The predicted molar refractivity (Wildman–Crippen MR) is 118 cm³/mol. The number of imidazole rings is 1. The minimum absolute atomic E-state index is 0.512. The summed E-state index contributed by atoms with van der Waals surface area (Å²) in [5.41, 5.74) is 4.35. The van der Waals surface area contributed by atoms with Gasteiger partial charge in [0.05, 0.1) is 6.33 Å². The molecule has 2 N–H and O–H groups in total. The Morgan fingerprint density at radius 3 is 2.62 bits per heavy atom. The quantitative estimate of drug-likeness (QED) is 0.641. The molecule has 0 atom stereocenters. The highest BCUT2D eigenvalue weighted by molar-refractivity contribution is 5.83. The molecular formula is C22H31N7. The van der Waals surface area contributed by atoms with Crippen molar-refractivity contribution in [1.82, 2.24) is 24.8 Å².